The molecule has 1 atom stereocenters. The van der Waals surface area contributed by atoms with Crippen molar-refractivity contribution >= 4 is 27.5 Å². The highest BCUT2D eigenvalue weighted by molar-refractivity contribution is 7.92. The summed E-state index contributed by atoms with van der Waals surface area (Å²) < 4.78 is 29.7. The van der Waals surface area contributed by atoms with E-state index in [0.717, 1.165) is 22.3 Å². The summed E-state index contributed by atoms with van der Waals surface area (Å²) in [4.78, 5) is 30.2. The first kappa shape index (κ1) is 33.5. The summed E-state index contributed by atoms with van der Waals surface area (Å²) in [7, 11) is -4.16. The Kier molecular flexibility index (Phi) is 10.5. The molecule has 7 nitrogen and oxygen atoms in total. The topological polar surface area (TPSA) is 86.8 Å². The van der Waals surface area contributed by atoms with Crippen molar-refractivity contribution in [3.8, 4) is 0 Å². The molecule has 1 N–H and O–H groups in total. The Morgan fingerprint density at radius 3 is 1.89 bits per heavy atom. The zero-order valence-corrected chi connectivity index (χ0v) is 27.8. The van der Waals surface area contributed by atoms with E-state index in [1.54, 1.807) is 30.3 Å². The summed E-state index contributed by atoms with van der Waals surface area (Å²) in [5.41, 5.74) is 4.08. The van der Waals surface area contributed by atoms with Crippen molar-refractivity contribution in [1.82, 2.24) is 10.2 Å². The minimum absolute atomic E-state index is 0.0859. The van der Waals surface area contributed by atoms with Gasteiger partial charge in [0.25, 0.3) is 10.0 Å². The number of carbonyl (C=O) groups excluding carboxylic acids is 2. The Labute approximate surface area is 268 Å². The van der Waals surface area contributed by atoms with Crippen molar-refractivity contribution in [2.75, 3.05) is 10.8 Å². The molecular formula is C37H43N3O4S. The Balaban J connectivity index is 1.83. The molecule has 8 heteroatoms. The third kappa shape index (κ3) is 8.82. The van der Waals surface area contributed by atoms with Crippen LogP contribution in [0.2, 0.25) is 0 Å². The third-order valence-corrected chi connectivity index (χ3v) is 9.26. The van der Waals surface area contributed by atoms with Gasteiger partial charge in [-0.2, -0.15) is 0 Å². The van der Waals surface area contributed by atoms with Crippen molar-refractivity contribution in [3.63, 3.8) is 0 Å². The summed E-state index contributed by atoms with van der Waals surface area (Å²) in [5.74, 6) is -0.796. The van der Waals surface area contributed by atoms with Gasteiger partial charge in [-0.3, -0.25) is 13.9 Å². The van der Waals surface area contributed by atoms with Crippen molar-refractivity contribution in [3.05, 3.63) is 131 Å². The van der Waals surface area contributed by atoms with Gasteiger partial charge in [0.15, 0.2) is 0 Å². The molecule has 0 fully saturated rings. The Hall–Kier alpha value is -4.43. The zero-order valence-electron chi connectivity index (χ0n) is 26.9. The molecule has 0 spiro atoms. The number of amides is 2. The molecule has 236 valence electrons. The molecule has 0 heterocycles. The normalized spacial score (nSPS) is 12.3. The van der Waals surface area contributed by atoms with Crippen LogP contribution in [0.5, 0.6) is 0 Å². The summed E-state index contributed by atoms with van der Waals surface area (Å²) in [6.45, 7) is 10.9. The molecule has 0 saturated carbocycles. The van der Waals surface area contributed by atoms with Gasteiger partial charge < -0.3 is 10.2 Å². The first-order valence-corrected chi connectivity index (χ1v) is 16.5. The third-order valence-electron chi connectivity index (χ3n) is 7.49. The standard InChI is InChI=1S/C37H43N3O4S/c1-27-18-21-32(22-19-27)45(43,44)40(33-23-28(2)17-20-29(33)3)26-35(41)39(25-31-15-11-8-12-16-31)34(36(42)38-37(4,5)6)24-30-13-9-7-10-14-30/h7-23,34H,24-26H2,1-6H3,(H,38,42)/t34-/m1/s1. The fourth-order valence-electron chi connectivity index (χ4n) is 5.13. The summed E-state index contributed by atoms with van der Waals surface area (Å²) in [6.07, 6.45) is 0.259. The maximum atomic E-state index is 14.6. The van der Waals surface area contributed by atoms with Gasteiger partial charge in [0.1, 0.15) is 12.6 Å². The minimum Gasteiger partial charge on any atom is -0.350 e. The smallest absolute Gasteiger partial charge is 0.264 e. The van der Waals surface area contributed by atoms with Crippen LogP contribution in [-0.4, -0.2) is 43.3 Å². The molecule has 0 unspecified atom stereocenters. The Morgan fingerprint density at radius 2 is 1.31 bits per heavy atom. The summed E-state index contributed by atoms with van der Waals surface area (Å²) in [5, 5.41) is 3.06. The van der Waals surface area contributed by atoms with Gasteiger partial charge in [0, 0.05) is 18.5 Å². The van der Waals surface area contributed by atoms with E-state index >= 15 is 0 Å². The maximum absolute atomic E-state index is 14.6. The van der Waals surface area contributed by atoms with Crippen molar-refractivity contribution in [2.24, 2.45) is 0 Å². The molecule has 0 radical (unpaired) electrons. The van der Waals surface area contributed by atoms with Crippen LogP contribution >= 0.6 is 0 Å². The summed E-state index contributed by atoms with van der Waals surface area (Å²) >= 11 is 0. The molecule has 45 heavy (non-hydrogen) atoms. The second kappa shape index (κ2) is 14.1. The lowest BCUT2D eigenvalue weighted by atomic mass is 10.0. The Bertz CT molecular complexity index is 1720. The van der Waals surface area contributed by atoms with E-state index in [2.05, 4.69) is 5.32 Å². The van der Waals surface area contributed by atoms with Crippen LogP contribution in [0.15, 0.2) is 108 Å². The minimum atomic E-state index is -4.16. The fraction of sp³-hybridized carbons (Fsp3) is 0.297. The zero-order chi connectivity index (χ0) is 32.8. The molecule has 0 aromatic heterocycles. The van der Waals surface area contributed by atoms with Crippen LogP contribution in [0, 0.1) is 20.8 Å². The van der Waals surface area contributed by atoms with Gasteiger partial charge in [0.05, 0.1) is 10.6 Å². The summed E-state index contributed by atoms with van der Waals surface area (Å²) in [6, 6.07) is 30.2. The second-order valence-electron chi connectivity index (χ2n) is 12.6. The van der Waals surface area contributed by atoms with E-state index in [1.165, 1.54) is 9.21 Å². The van der Waals surface area contributed by atoms with Gasteiger partial charge in [0.2, 0.25) is 11.8 Å². The van der Waals surface area contributed by atoms with E-state index in [1.807, 2.05) is 114 Å². The van der Waals surface area contributed by atoms with Gasteiger partial charge in [-0.05, 0) is 82.0 Å². The van der Waals surface area contributed by atoms with Crippen LogP contribution in [0.4, 0.5) is 5.69 Å². The van der Waals surface area contributed by atoms with Gasteiger partial charge in [-0.25, -0.2) is 8.42 Å². The lowest BCUT2D eigenvalue weighted by Crippen LogP contribution is -2.56. The number of aryl methyl sites for hydroxylation is 3. The highest BCUT2D eigenvalue weighted by Gasteiger charge is 2.36. The monoisotopic (exact) mass is 625 g/mol. The van der Waals surface area contributed by atoms with Crippen LogP contribution in [0.25, 0.3) is 0 Å². The number of nitrogens with zero attached hydrogens (tertiary/aromatic N) is 2. The molecule has 0 bridgehead atoms. The molecule has 0 aliphatic rings. The first-order chi connectivity index (χ1) is 21.2. The number of nitrogens with one attached hydrogen (secondary N) is 1. The molecule has 0 aliphatic carbocycles. The molecule has 4 rings (SSSR count). The van der Waals surface area contributed by atoms with Gasteiger partial charge >= 0.3 is 0 Å². The number of rotatable bonds is 11. The number of hydrogen-bond acceptors (Lipinski definition) is 4. The average Bonchev–Trinajstić information content (AvgIpc) is 2.99. The van der Waals surface area contributed by atoms with Crippen LogP contribution < -0.4 is 9.62 Å². The number of hydrogen-bond donors (Lipinski definition) is 1. The maximum Gasteiger partial charge on any atom is 0.264 e. The van der Waals surface area contributed by atoms with E-state index in [-0.39, 0.29) is 23.8 Å². The fourth-order valence-corrected chi connectivity index (χ4v) is 6.60. The van der Waals surface area contributed by atoms with Crippen LogP contribution in [-0.2, 0) is 32.6 Å². The average molecular weight is 626 g/mol. The highest BCUT2D eigenvalue weighted by atomic mass is 32.2. The first-order valence-electron chi connectivity index (χ1n) is 15.1. The molecule has 4 aromatic rings. The van der Waals surface area contributed by atoms with Gasteiger partial charge in [-0.1, -0.05) is 90.5 Å². The number of anilines is 1. The number of carbonyl (C=O) groups is 2. The van der Waals surface area contributed by atoms with Crippen LogP contribution in [0.1, 0.15) is 48.6 Å². The van der Waals surface area contributed by atoms with E-state index in [0.29, 0.717) is 11.3 Å². The van der Waals surface area contributed by atoms with E-state index in [9.17, 15) is 18.0 Å². The van der Waals surface area contributed by atoms with Crippen molar-refractivity contribution in [1.29, 1.82) is 0 Å². The number of benzene rings is 4. The molecule has 4 aromatic carbocycles. The largest absolute Gasteiger partial charge is 0.350 e. The Morgan fingerprint density at radius 1 is 0.756 bits per heavy atom. The number of sulfonamides is 1. The molecule has 0 aliphatic heterocycles. The highest BCUT2D eigenvalue weighted by Crippen LogP contribution is 2.29. The molecular weight excluding hydrogens is 582 g/mol. The molecule has 0 saturated heterocycles. The quantitative estimate of drug-likeness (QED) is 0.210. The second-order valence-corrected chi connectivity index (χ2v) is 14.4. The predicted octanol–water partition coefficient (Wildman–Crippen LogP) is 6.36. The van der Waals surface area contributed by atoms with E-state index < -0.39 is 34.1 Å². The predicted molar refractivity (Wildman–Crippen MR) is 180 cm³/mol. The lowest BCUT2D eigenvalue weighted by Gasteiger charge is -2.35. The van der Waals surface area contributed by atoms with Crippen molar-refractivity contribution in [2.45, 2.75) is 71.0 Å². The lowest BCUT2D eigenvalue weighted by molar-refractivity contribution is -0.140. The van der Waals surface area contributed by atoms with Crippen molar-refractivity contribution < 1.29 is 18.0 Å². The van der Waals surface area contributed by atoms with Crippen LogP contribution in [0.3, 0.4) is 0 Å². The SMILES string of the molecule is Cc1ccc(S(=O)(=O)N(CC(=O)N(Cc2ccccc2)[C@H](Cc2ccccc2)C(=O)NC(C)(C)C)c2cc(C)ccc2C)cc1. The van der Waals surface area contributed by atoms with E-state index in [4.69, 9.17) is 0 Å². The molecule has 2 amide bonds. The van der Waals surface area contributed by atoms with Gasteiger partial charge in [-0.15, -0.1) is 0 Å².